The highest BCUT2D eigenvalue weighted by atomic mass is 32.1. The summed E-state index contributed by atoms with van der Waals surface area (Å²) in [6.07, 6.45) is 1.94. The van der Waals surface area contributed by atoms with Gasteiger partial charge in [0.1, 0.15) is 5.00 Å². The Hall–Kier alpha value is -1.66. The van der Waals surface area contributed by atoms with Gasteiger partial charge in [0.05, 0.1) is 11.6 Å². The molecule has 6 heteroatoms. The summed E-state index contributed by atoms with van der Waals surface area (Å²) in [5, 5.41) is 4.67. The van der Waals surface area contributed by atoms with Gasteiger partial charge in [0.15, 0.2) is 0 Å². The smallest absolute Gasteiger partial charge is 0.251 e. The maximum Gasteiger partial charge on any atom is 0.251 e. The molecule has 1 atom stereocenters. The SMILES string of the molecule is C=CCC(N)C(=O)Nc1sccc1C(N)=O. The summed E-state index contributed by atoms with van der Waals surface area (Å²) < 4.78 is 0. The van der Waals surface area contributed by atoms with Crippen LogP contribution in [0.2, 0.25) is 0 Å². The Kier molecular flexibility index (Phi) is 4.21. The van der Waals surface area contributed by atoms with Crippen molar-refractivity contribution < 1.29 is 9.59 Å². The number of hydrogen-bond donors (Lipinski definition) is 3. The van der Waals surface area contributed by atoms with E-state index in [1.165, 1.54) is 11.3 Å². The number of carbonyl (C=O) groups excluding carboxylic acids is 2. The van der Waals surface area contributed by atoms with Crippen LogP contribution in [0.4, 0.5) is 5.00 Å². The number of hydrogen-bond acceptors (Lipinski definition) is 4. The maximum atomic E-state index is 11.5. The van der Waals surface area contributed by atoms with Crippen LogP contribution < -0.4 is 16.8 Å². The van der Waals surface area contributed by atoms with E-state index in [2.05, 4.69) is 11.9 Å². The predicted molar refractivity (Wildman–Crippen MR) is 64.3 cm³/mol. The van der Waals surface area contributed by atoms with E-state index >= 15 is 0 Å². The van der Waals surface area contributed by atoms with Crippen LogP contribution in [0.5, 0.6) is 0 Å². The minimum atomic E-state index is -0.666. The highest BCUT2D eigenvalue weighted by Gasteiger charge is 2.16. The summed E-state index contributed by atoms with van der Waals surface area (Å²) in [5.41, 5.74) is 11.0. The summed E-state index contributed by atoms with van der Waals surface area (Å²) in [4.78, 5) is 22.5. The molecule has 0 aliphatic heterocycles. The number of amides is 2. The number of primary amides is 1. The normalized spacial score (nSPS) is 11.8. The number of rotatable bonds is 5. The number of thiophene rings is 1. The molecule has 0 fully saturated rings. The summed E-state index contributed by atoms with van der Waals surface area (Å²) in [5.74, 6) is -0.932. The van der Waals surface area contributed by atoms with Gasteiger partial charge in [0.25, 0.3) is 5.91 Å². The Morgan fingerprint density at radius 3 is 2.88 bits per heavy atom. The number of nitrogens with two attached hydrogens (primary N) is 2. The van der Waals surface area contributed by atoms with E-state index in [1.807, 2.05) is 0 Å². The molecule has 0 radical (unpaired) electrons. The van der Waals surface area contributed by atoms with E-state index in [9.17, 15) is 9.59 Å². The molecule has 5 N–H and O–H groups in total. The van der Waals surface area contributed by atoms with Gasteiger partial charge >= 0.3 is 0 Å². The molecule has 1 aromatic heterocycles. The fraction of sp³-hybridized carbons (Fsp3) is 0.200. The van der Waals surface area contributed by atoms with Crippen molar-refractivity contribution in [2.24, 2.45) is 11.5 Å². The Balaban J connectivity index is 2.73. The van der Waals surface area contributed by atoms with Crippen LogP contribution in [0.25, 0.3) is 0 Å². The zero-order valence-electron chi connectivity index (χ0n) is 8.60. The average Bonchev–Trinajstić information content (AvgIpc) is 2.66. The monoisotopic (exact) mass is 239 g/mol. The molecular weight excluding hydrogens is 226 g/mol. The summed E-state index contributed by atoms with van der Waals surface area (Å²) in [6, 6.07) is 0.891. The van der Waals surface area contributed by atoms with Crippen molar-refractivity contribution in [2.75, 3.05) is 5.32 Å². The van der Waals surface area contributed by atoms with Gasteiger partial charge in [-0.1, -0.05) is 6.08 Å². The standard InChI is InChI=1S/C10H13N3O2S/c1-2-3-7(11)9(15)13-10-6(8(12)14)4-5-16-10/h2,4-5,7H,1,3,11H2,(H2,12,14)(H,13,15). The van der Waals surface area contributed by atoms with Gasteiger partial charge in [-0.05, 0) is 17.9 Å². The Morgan fingerprint density at radius 1 is 1.62 bits per heavy atom. The van der Waals surface area contributed by atoms with Gasteiger partial charge in [-0.2, -0.15) is 0 Å². The summed E-state index contributed by atoms with van der Waals surface area (Å²) >= 11 is 1.23. The topological polar surface area (TPSA) is 98.2 Å². The van der Waals surface area contributed by atoms with Crippen LogP contribution >= 0.6 is 11.3 Å². The third-order valence-electron chi connectivity index (χ3n) is 1.92. The first-order valence-corrected chi connectivity index (χ1v) is 5.49. The van der Waals surface area contributed by atoms with E-state index < -0.39 is 11.9 Å². The molecule has 2 amide bonds. The summed E-state index contributed by atoms with van der Waals surface area (Å²) in [7, 11) is 0. The van der Waals surface area contributed by atoms with Crippen LogP contribution in [0.1, 0.15) is 16.8 Å². The zero-order chi connectivity index (χ0) is 12.1. The van der Waals surface area contributed by atoms with Crippen LogP contribution in [-0.4, -0.2) is 17.9 Å². The van der Waals surface area contributed by atoms with E-state index in [0.717, 1.165) is 0 Å². The van der Waals surface area contributed by atoms with Crippen LogP contribution in [-0.2, 0) is 4.79 Å². The van der Waals surface area contributed by atoms with E-state index in [-0.39, 0.29) is 5.91 Å². The average molecular weight is 239 g/mol. The maximum absolute atomic E-state index is 11.5. The second-order valence-electron chi connectivity index (χ2n) is 3.15. The van der Waals surface area contributed by atoms with Crippen LogP contribution in [0, 0.1) is 0 Å². The lowest BCUT2D eigenvalue weighted by Gasteiger charge is -2.09. The van der Waals surface area contributed by atoms with Crippen molar-refractivity contribution in [1.82, 2.24) is 0 Å². The molecule has 0 aliphatic carbocycles. The molecule has 0 aliphatic rings. The Bertz CT molecular complexity index is 414. The first-order valence-electron chi connectivity index (χ1n) is 4.61. The van der Waals surface area contributed by atoms with Gasteiger partial charge in [-0.25, -0.2) is 0 Å². The van der Waals surface area contributed by atoms with Gasteiger partial charge in [0.2, 0.25) is 5.91 Å². The van der Waals surface area contributed by atoms with Gasteiger partial charge in [-0.15, -0.1) is 17.9 Å². The molecular formula is C10H13N3O2S. The second-order valence-corrected chi connectivity index (χ2v) is 4.06. The minimum Gasteiger partial charge on any atom is -0.366 e. The third-order valence-corrected chi connectivity index (χ3v) is 2.75. The first kappa shape index (κ1) is 12.4. The number of anilines is 1. The Labute approximate surface area is 97.1 Å². The van der Waals surface area contributed by atoms with Crippen molar-refractivity contribution in [3.05, 3.63) is 29.7 Å². The van der Waals surface area contributed by atoms with Gasteiger partial charge in [-0.3, -0.25) is 9.59 Å². The molecule has 0 spiro atoms. The van der Waals surface area contributed by atoms with Gasteiger partial charge in [0, 0.05) is 0 Å². The molecule has 1 aromatic rings. The lowest BCUT2D eigenvalue weighted by atomic mass is 10.2. The van der Waals surface area contributed by atoms with Crippen molar-refractivity contribution in [2.45, 2.75) is 12.5 Å². The third kappa shape index (κ3) is 2.91. The van der Waals surface area contributed by atoms with E-state index in [1.54, 1.807) is 17.5 Å². The lowest BCUT2D eigenvalue weighted by Crippen LogP contribution is -2.35. The van der Waals surface area contributed by atoms with Crippen molar-refractivity contribution in [3.63, 3.8) is 0 Å². The number of nitrogens with one attached hydrogen (secondary N) is 1. The molecule has 0 saturated carbocycles. The lowest BCUT2D eigenvalue weighted by molar-refractivity contribution is -0.117. The molecule has 1 rings (SSSR count). The minimum absolute atomic E-state index is 0.296. The highest BCUT2D eigenvalue weighted by molar-refractivity contribution is 7.14. The van der Waals surface area contributed by atoms with Crippen molar-refractivity contribution >= 4 is 28.2 Å². The largest absolute Gasteiger partial charge is 0.366 e. The molecule has 5 nitrogen and oxygen atoms in total. The molecule has 1 unspecified atom stereocenters. The molecule has 86 valence electrons. The molecule has 0 aromatic carbocycles. The van der Waals surface area contributed by atoms with Gasteiger partial charge < -0.3 is 16.8 Å². The first-order chi connectivity index (χ1) is 7.56. The second kappa shape index (κ2) is 5.43. The highest BCUT2D eigenvalue weighted by Crippen LogP contribution is 2.22. The fourth-order valence-electron chi connectivity index (χ4n) is 1.09. The van der Waals surface area contributed by atoms with Crippen molar-refractivity contribution in [1.29, 1.82) is 0 Å². The number of carbonyl (C=O) groups is 2. The quantitative estimate of drug-likeness (QED) is 0.659. The van der Waals surface area contributed by atoms with E-state index in [0.29, 0.717) is 17.0 Å². The van der Waals surface area contributed by atoms with Crippen molar-refractivity contribution in [3.8, 4) is 0 Å². The van der Waals surface area contributed by atoms with E-state index in [4.69, 9.17) is 11.5 Å². The molecule has 0 bridgehead atoms. The van der Waals surface area contributed by atoms with Crippen LogP contribution in [0.15, 0.2) is 24.1 Å². The zero-order valence-corrected chi connectivity index (χ0v) is 9.42. The predicted octanol–water partition coefficient (Wildman–Crippen LogP) is 0.689. The molecule has 1 heterocycles. The summed E-state index contributed by atoms with van der Waals surface area (Å²) in [6.45, 7) is 3.49. The van der Waals surface area contributed by atoms with Crippen LogP contribution in [0.3, 0.4) is 0 Å². The fourth-order valence-corrected chi connectivity index (χ4v) is 1.89. The Morgan fingerprint density at radius 2 is 2.31 bits per heavy atom. The molecule has 0 saturated heterocycles. The molecule has 16 heavy (non-hydrogen) atoms.